The normalized spacial score (nSPS) is 13.9. The maximum Gasteiger partial charge on any atom is 0.350 e. The van der Waals surface area contributed by atoms with E-state index in [1.807, 2.05) is 12.1 Å². The monoisotopic (exact) mass is 362 g/mol. The van der Waals surface area contributed by atoms with E-state index in [4.69, 9.17) is 9.47 Å². The highest BCUT2D eigenvalue weighted by molar-refractivity contribution is 5.92. The highest BCUT2D eigenvalue weighted by Gasteiger charge is 2.36. The van der Waals surface area contributed by atoms with E-state index in [1.165, 1.54) is 5.56 Å². The zero-order chi connectivity index (χ0) is 20.3. The van der Waals surface area contributed by atoms with Crippen molar-refractivity contribution in [2.75, 3.05) is 0 Å². The summed E-state index contributed by atoms with van der Waals surface area (Å²) in [7, 11) is 0. The van der Waals surface area contributed by atoms with Crippen molar-refractivity contribution in [2.24, 2.45) is 5.41 Å². The summed E-state index contributed by atoms with van der Waals surface area (Å²) >= 11 is 0. The molecule has 0 spiro atoms. The maximum absolute atomic E-state index is 12.4. The predicted molar refractivity (Wildman–Crippen MR) is 104 cm³/mol. The third kappa shape index (κ3) is 5.86. The first-order chi connectivity index (χ1) is 11.7. The second-order valence-corrected chi connectivity index (χ2v) is 9.09. The lowest BCUT2D eigenvalue weighted by atomic mass is 9.74. The smallest absolute Gasteiger partial charge is 0.350 e. The Morgan fingerprint density at radius 3 is 1.85 bits per heavy atom. The number of ether oxygens (including phenoxy) is 2. The molecule has 4 nitrogen and oxygen atoms in total. The lowest BCUT2D eigenvalue weighted by Gasteiger charge is -2.31. The summed E-state index contributed by atoms with van der Waals surface area (Å²) in [4.78, 5) is 24.7. The van der Waals surface area contributed by atoms with E-state index in [0.717, 1.165) is 6.42 Å². The molecule has 0 saturated carbocycles. The van der Waals surface area contributed by atoms with Gasteiger partial charge in [-0.25, -0.2) is 9.59 Å². The standard InChI is InChI=1S/C22H34O4/c1-10-21(6,7)15(2)16-11-13-17(14-12-16)18(23)25-22(8,9)19(24)26-20(3,4)5/h11-15H,10H2,1-9H3. The van der Waals surface area contributed by atoms with E-state index >= 15 is 0 Å². The first-order valence-corrected chi connectivity index (χ1v) is 9.26. The average molecular weight is 363 g/mol. The average Bonchev–Trinajstić information content (AvgIpc) is 2.52. The van der Waals surface area contributed by atoms with Gasteiger partial charge in [-0.2, -0.15) is 0 Å². The second-order valence-electron chi connectivity index (χ2n) is 9.09. The van der Waals surface area contributed by atoms with Gasteiger partial charge in [0.2, 0.25) is 5.60 Å². The Balaban J connectivity index is 2.87. The van der Waals surface area contributed by atoms with E-state index in [-0.39, 0.29) is 5.41 Å². The molecule has 0 saturated heterocycles. The molecule has 0 bridgehead atoms. The molecule has 0 radical (unpaired) electrons. The summed E-state index contributed by atoms with van der Waals surface area (Å²) in [5.74, 6) is -0.723. The van der Waals surface area contributed by atoms with Gasteiger partial charge in [-0.1, -0.05) is 46.2 Å². The van der Waals surface area contributed by atoms with Crippen LogP contribution in [0.15, 0.2) is 24.3 Å². The molecule has 0 aliphatic heterocycles. The number of esters is 2. The van der Waals surface area contributed by atoms with Crippen LogP contribution in [0.5, 0.6) is 0 Å². The summed E-state index contributed by atoms with van der Waals surface area (Å²) in [6.07, 6.45) is 1.07. The van der Waals surface area contributed by atoms with Crippen molar-refractivity contribution in [2.45, 2.75) is 85.9 Å². The van der Waals surface area contributed by atoms with Crippen LogP contribution in [0.4, 0.5) is 0 Å². The Kier molecular flexibility index (Phi) is 6.67. The molecule has 146 valence electrons. The van der Waals surface area contributed by atoms with E-state index in [0.29, 0.717) is 11.5 Å². The highest BCUT2D eigenvalue weighted by Crippen LogP contribution is 2.37. The Labute approximate surface area is 158 Å². The quantitative estimate of drug-likeness (QED) is 0.627. The number of hydrogen-bond acceptors (Lipinski definition) is 4. The van der Waals surface area contributed by atoms with Gasteiger partial charge in [0.05, 0.1) is 5.56 Å². The minimum atomic E-state index is -1.35. The molecule has 0 aromatic heterocycles. The zero-order valence-electron chi connectivity index (χ0n) is 17.7. The molecule has 1 atom stereocenters. The molecule has 1 rings (SSSR count). The first-order valence-electron chi connectivity index (χ1n) is 9.26. The highest BCUT2D eigenvalue weighted by atomic mass is 16.6. The fourth-order valence-corrected chi connectivity index (χ4v) is 2.40. The van der Waals surface area contributed by atoms with E-state index < -0.39 is 23.1 Å². The number of rotatable bonds is 6. The lowest BCUT2D eigenvalue weighted by molar-refractivity contribution is -0.174. The summed E-state index contributed by atoms with van der Waals surface area (Å²) in [6.45, 7) is 17.3. The van der Waals surface area contributed by atoms with Gasteiger partial charge >= 0.3 is 11.9 Å². The molecular weight excluding hydrogens is 328 g/mol. The van der Waals surface area contributed by atoms with Crippen molar-refractivity contribution in [1.29, 1.82) is 0 Å². The van der Waals surface area contributed by atoms with Crippen molar-refractivity contribution < 1.29 is 19.1 Å². The van der Waals surface area contributed by atoms with Gasteiger partial charge < -0.3 is 9.47 Å². The van der Waals surface area contributed by atoms with Gasteiger partial charge in [0.15, 0.2) is 0 Å². The van der Waals surface area contributed by atoms with Crippen molar-refractivity contribution in [3.8, 4) is 0 Å². The molecule has 0 fully saturated rings. The second kappa shape index (κ2) is 7.81. The van der Waals surface area contributed by atoms with Crippen molar-refractivity contribution in [3.05, 3.63) is 35.4 Å². The molecule has 1 aromatic carbocycles. The Hall–Kier alpha value is -1.84. The van der Waals surface area contributed by atoms with Crippen LogP contribution in [0.3, 0.4) is 0 Å². The van der Waals surface area contributed by atoms with Crippen LogP contribution < -0.4 is 0 Å². The summed E-state index contributed by atoms with van der Waals surface area (Å²) in [5.41, 5.74) is -0.196. The van der Waals surface area contributed by atoms with Gasteiger partial charge in [-0.3, -0.25) is 0 Å². The van der Waals surface area contributed by atoms with E-state index in [1.54, 1.807) is 46.8 Å². The molecule has 0 amide bonds. The van der Waals surface area contributed by atoms with Crippen molar-refractivity contribution >= 4 is 11.9 Å². The molecule has 0 aliphatic carbocycles. The van der Waals surface area contributed by atoms with Crippen LogP contribution in [0, 0.1) is 5.41 Å². The van der Waals surface area contributed by atoms with Crippen LogP contribution in [-0.2, 0) is 14.3 Å². The van der Waals surface area contributed by atoms with Crippen LogP contribution >= 0.6 is 0 Å². The van der Waals surface area contributed by atoms with Gasteiger partial charge in [0.25, 0.3) is 0 Å². The summed E-state index contributed by atoms with van der Waals surface area (Å²) < 4.78 is 10.7. The Morgan fingerprint density at radius 2 is 1.42 bits per heavy atom. The first kappa shape index (κ1) is 22.2. The Morgan fingerprint density at radius 1 is 0.923 bits per heavy atom. The van der Waals surface area contributed by atoms with Gasteiger partial charge in [-0.15, -0.1) is 0 Å². The van der Waals surface area contributed by atoms with Gasteiger partial charge in [-0.05, 0) is 63.6 Å². The summed E-state index contributed by atoms with van der Waals surface area (Å²) in [5, 5.41) is 0. The molecule has 4 heteroatoms. The van der Waals surface area contributed by atoms with E-state index in [9.17, 15) is 9.59 Å². The fourth-order valence-electron chi connectivity index (χ4n) is 2.40. The Bertz CT molecular complexity index is 633. The van der Waals surface area contributed by atoms with Crippen LogP contribution in [0.1, 0.15) is 90.6 Å². The fraction of sp³-hybridized carbons (Fsp3) is 0.636. The molecule has 0 aliphatic rings. The van der Waals surface area contributed by atoms with Gasteiger partial charge in [0.1, 0.15) is 5.60 Å². The lowest BCUT2D eigenvalue weighted by Crippen LogP contribution is -2.42. The van der Waals surface area contributed by atoms with Crippen molar-refractivity contribution in [3.63, 3.8) is 0 Å². The van der Waals surface area contributed by atoms with Gasteiger partial charge in [0, 0.05) is 0 Å². The zero-order valence-corrected chi connectivity index (χ0v) is 17.7. The molecule has 26 heavy (non-hydrogen) atoms. The largest absolute Gasteiger partial charge is 0.457 e. The predicted octanol–water partition coefficient (Wildman–Crippen LogP) is 5.50. The molecule has 1 aromatic rings. The molecule has 1 unspecified atom stereocenters. The topological polar surface area (TPSA) is 52.6 Å². The number of carbonyl (C=O) groups is 2. The maximum atomic E-state index is 12.4. The van der Waals surface area contributed by atoms with E-state index in [2.05, 4.69) is 27.7 Å². The molecule has 0 heterocycles. The third-order valence-corrected chi connectivity index (χ3v) is 4.97. The van der Waals surface area contributed by atoms with Crippen LogP contribution in [0.25, 0.3) is 0 Å². The van der Waals surface area contributed by atoms with Crippen molar-refractivity contribution in [1.82, 2.24) is 0 Å². The molecular formula is C22H34O4. The van der Waals surface area contributed by atoms with Crippen LogP contribution in [-0.4, -0.2) is 23.1 Å². The summed E-state index contributed by atoms with van der Waals surface area (Å²) in [6, 6.07) is 7.43. The minimum absolute atomic E-state index is 0.181. The number of hydrogen-bond donors (Lipinski definition) is 0. The number of benzene rings is 1. The number of carbonyl (C=O) groups excluding carboxylic acids is 2. The molecule has 0 N–H and O–H groups in total. The minimum Gasteiger partial charge on any atom is -0.457 e. The van der Waals surface area contributed by atoms with Crippen LogP contribution in [0.2, 0.25) is 0 Å². The SMILES string of the molecule is CCC(C)(C)C(C)c1ccc(C(=O)OC(C)(C)C(=O)OC(C)(C)C)cc1. The third-order valence-electron chi connectivity index (χ3n) is 4.97.